The monoisotopic (exact) mass is 390 g/mol. The zero-order chi connectivity index (χ0) is 19.4. The number of amides is 1. The summed E-state index contributed by atoms with van der Waals surface area (Å²) in [6, 6.07) is 1.16. The zero-order valence-electron chi connectivity index (χ0n) is 15.8. The van der Waals surface area contributed by atoms with Gasteiger partial charge in [0.2, 0.25) is 5.91 Å². The maximum absolute atomic E-state index is 12.4. The van der Waals surface area contributed by atoms with Crippen LogP contribution >= 0.6 is 11.6 Å². The smallest absolute Gasteiger partial charge is 0.230 e. The lowest BCUT2D eigenvalue weighted by atomic mass is 9.96. The second-order valence-corrected chi connectivity index (χ2v) is 10.0. The van der Waals surface area contributed by atoms with Crippen LogP contribution in [0.1, 0.15) is 53.1 Å². The standard InChI is InChI=1S/C16H27ClN4O3S/c1-15(2,3)14(22)18-12-8-10(13(17)20-19-12)11(9-24-7)21-25(23)16(4,5)6/h8,11,21H,9H2,1-7H3,(H,18,19,22). The predicted octanol–water partition coefficient (Wildman–Crippen LogP) is 2.85. The van der Waals surface area contributed by atoms with Gasteiger partial charge in [-0.3, -0.25) is 4.79 Å². The number of methoxy groups -OCH3 is 1. The molecule has 0 aliphatic carbocycles. The van der Waals surface area contributed by atoms with Crippen LogP contribution in [0.15, 0.2) is 6.07 Å². The molecule has 0 aliphatic heterocycles. The fourth-order valence-electron chi connectivity index (χ4n) is 1.66. The van der Waals surface area contributed by atoms with Crippen molar-refractivity contribution in [1.29, 1.82) is 0 Å². The molecule has 9 heteroatoms. The van der Waals surface area contributed by atoms with Gasteiger partial charge < -0.3 is 14.6 Å². The maximum Gasteiger partial charge on any atom is 0.230 e. The van der Waals surface area contributed by atoms with Crippen LogP contribution in [0.25, 0.3) is 0 Å². The summed E-state index contributed by atoms with van der Waals surface area (Å²) in [5.41, 5.74) is -0.0142. The van der Waals surface area contributed by atoms with Crippen molar-refractivity contribution in [3.05, 3.63) is 16.8 Å². The second-order valence-electron chi connectivity index (χ2n) is 7.69. The van der Waals surface area contributed by atoms with Gasteiger partial charge in [-0.05, 0) is 26.8 Å². The van der Waals surface area contributed by atoms with Gasteiger partial charge in [0, 0.05) is 29.5 Å². The molecule has 0 fully saturated rings. The minimum absolute atomic E-state index is 0.161. The molecule has 0 saturated carbocycles. The zero-order valence-corrected chi connectivity index (χ0v) is 17.3. The van der Waals surface area contributed by atoms with Crippen molar-refractivity contribution >= 4 is 34.7 Å². The molecular formula is C16H27ClN4O3S. The van der Waals surface area contributed by atoms with E-state index in [1.54, 1.807) is 33.9 Å². The Morgan fingerprint density at radius 2 is 1.92 bits per heavy atom. The van der Waals surface area contributed by atoms with E-state index in [2.05, 4.69) is 20.2 Å². The average molecular weight is 391 g/mol. The molecule has 1 heterocycles. The minimum atomic E-state index is -1.33. The van der Waals surface area contributed by atoms with E-state index in [0.29, 0.717) is 5.56 Å². The Hall–Kier alpha value is -0.930. The molecule has 142 valence electrons. The van der Waals surface area contributed by atoms with Crippen LogP contribution < -0.4 is 10.0 Å². The number of halogens is 1. The first-order valence-corrected chi connectivity index (χ1v) is 9.40. The van der Waals surface area contributed by atoms with E-state index in [-0.39, 0.29) is 23.5 Å². The molecule has 2 unspecified atom stereocenters. The number of carbonyl (C=O) groups excluding carboxylic acids is 1. The van der Waals surface area contributed by atoms with Crippen molar-refractivity contribution in [2.24, 2.45) is 5.41 Å². The Labute approximate surface area is 157 Å². The van der Waals surface area contributed by atoms with Crippen LogP contribution in [0.4, 0.5) is 5.82 Å². The third-order valence-electron chi connectivity index (χ3n) is 3.21. The van der Waals surface area contributed by atoms with Gasteiger partial charge in [0.1, 0.15) is 10.8 Å². The van der Waals surface area contributed by atoms with Gasteiger partial charge in [-0.2, -0.15) is 0 Å². The summed E-state index contributed by atoms with van der Waals surface area (Å²) in [6.07, 6.45) is 0. The van der Waals surface area contributed by atoms with Crippen molar-refractivity contribution in [1.82, 2.24) is 14.9 Å². The van der Waals surface area contributed by atoms with Crippen LogP contribution in [-0.2, 0) is 20.9 Å². The normalized spacial score (nSPS) is 14.9. The highest BCUT2D eigenvalue weighted by molar-refractivity contribution is 7.90. The van der Waals surface area contributed by atoms with E-state index >= 15 is 0 Å². The van der Waals surface area contributed by atoms with E-state index in [4.69, 9.17) is 16.3 Å². The van der Waals surface area contributed by atoms with Crippen molar-refractivity contribution in [3.8, 4) is 0 Å². The van der Waals surface area contributed by atoms with Crippen LogP contribution in [0, 0.1) is 5.41 Å². The first kappa shape index (κ1) is 22.1. The lowest BCUT2D eigenvalue weighted by Gasteiger charge is -2.28. The van der Waals surface area contributed by atoms with Crippen LogP contribution in [-0.4, -0.2) is 39.1 Å². The molecule has 1 amide bonds. The lowest BCUT2D eigenvalue weighted by Crippen LogP contribution is -2.42. The Kier molecular flexibility index (Phi) is 7.64. The number of carbonyl (C=O) groups is 1. The summed E-state index contributed by atoms with van der Waals surface area (Å²) in [4.78, 5) is 12.1. The lowest BCUT2D eigenvalue weighted by molar-refractivity contribution is -0.123. The molecule has 1 aromatic rings. The largest absolute Gasteiger partial charge is 0.598 e. The van der Waals surface area contributed by atoms with Crippen molar-refractivity contribution in [3.63, 3.8) is 0 Å². The Balaban J connectivity index is 3.10. The van der Waals surface area contributed by atoms with Gasteiger partial charge in [0.15, 0.2) is 11.0 Å². The number of rotatable bonds is 6. The Morgan fingerprint density at radius 1 is 1.32 bits per heavy atom. The van der Waals surface area contributed by atoms with E-state index in [1.165, 1.54) is 0 Å². The molecule has 1 rings (SSSR count). The van der Waals surface area contributed by atoms with Gasteiger partial charge in [-0.15, -0.1) is 14.9 Å². The van der Waals surface area contributed by atoms with Gasteiger partial charge in [0.25, 0.3) is 0 Å². The number of ether oxygens (including phenoxy) is 1. The molecule has 2 N–H and O–H groups in total. The molecule has 0 spiro atoms. The number of hydrogen-bond acceptors (Lipinski definition) is 6. The SMILES string of the molecule is COCC(N[S+]([O-])C(C)(C)C)c1cc(NC(=O)C(C)(C)C)nnc1Cl. The van der Waals surface area contributed by atoms with Gasteiger partial charge >= 0.3 is 0 Å². The molecule has 0 radical (unpaired) electrons. The van der Waals surface area contributed by atoms with E-state index in [1.807, 2.05) is 20.8 Å². The number of anilines is 1. The molecule has 0 aliphatic rings. The number of nitrogens with zero attached hydrogens (tertiary/aromatic N) is 2. The molecule has 25 heavy (non-hydrogen) atoms. The highest BCUT2D eigenvalue weighted by Crippen LogP contribution is 2.26. The molecule has 2 atom stereocenters. The first-order chi connectivity index (χ1) is 11.4. The fraction of sp³-hybridized carbons (Fsp3) is 0.688. The topological polar surface area (TPSA) is 99.2 Å². The first-order valence-electron chi connectivity index (χ1n) is 7.88. The number of aromatic nitrogens is 2. The summed E-state index contributed by atoms with van der Waals surface area (Å²) in [5.74, 6) is 0.0911. The van der Waals surface area contributed by atoms with E-state index in [0.717, 1.165) is 0 Å². The Bertz CT molecular complexity index is 602. The summed E-state index contributed by atoms with van der Waals surface area (Å²) in [5, 5.41) is 10.7. The third kappa shape index (κ3) is 6.71. The third-order valence-corrected chi connectivity index (χ3v) is 5.12. The fourth-order valence-corrected chi connectivity index (χ4v) is 2.69. The van der Waals surface area contributed by atoms with Gasteiger partial charge in [-0.1, -0.05) is 32.4 Å². The van der Waals surface area contributed by atoms with Crippen molar-refractivity contribution < 1.29 is 14.1 Å². The summed E-state index contributed by atoms with van der Waals surface area (Å²) in [6.45, 7) is 11.2. The Morgan fingerprint density at radius 3 is 2.40 bits per heavy atom. The molecule has 0 bridgehead atoms. The minimum Gasteiger partial charge on any atom is -0.598 e. The molecule has 0 aromatic carbocycles. The van der Waals surface area contributed by atoms with E-state index in [9.17, 15) is 9.35 Å². The summed E-state index contributed by atoms with van der Waals surface area (Å²) in [7, 11) is 1.54. The average Bonchev–Trinajstić information content (AvgIpc) is 2.46. The number of nitrogens with one attached hydrogen (secondary N) is 2. The number of hydrogen-bond donors (Lipinski definition) is 2. The molecule has 7 nitrogen and oxygen atoms in total. The summed E-state index contributed by atoms with van der Waals surface area (Å²) < 4.78 is 20.2. The molecule has 1 aromatic heterocycles. The highest BCUT2D eigenvalue weighted by Gasteiger charge is 2.31. The van der Waals surface area contributed by atoms with Crippen LogP contribution in [0.2, 0.25) is 5.15 Å². The summed E-state index contributed by atoms with van der Waals surface area (Å²) >= 11 is 4.84. The highest BCUT2D eigenvalue weighted by atomic mass is 35.5. The quantitative estimate of drug-likeness (QED) is 0.724. The predicted molar refractivity (Wildman–Crippen MR) is 101 cm³/mol. The van der Waals surface area contributed by atoms with Gasteiger partial charge in [-0.25, -0.2) is 0 Å². The van der Waals surface area contributed by atoms with Crippen LogP contribution in [0.3, 0.4) is 0 Å². The van der Waals surface area contributed by atoms with E-state index < -0.39 is 27.6 Å². The second kappa shape index (κ2) is 8.64. The maximum atomic E-state index is 12.4. The van der Waals surface area contributed by atoms with Crippen molar-refractivity contribution in [2.45, 2.75) is 52.3 Å². The van der Waals surface area contributed by atoms with Gasteiger partial charge in [0.05, 0.1) is 6.61 Å². The van der Waals surface area contributed by atoms with Crippen molar-refractivity contribution in [2.75, 3.05) is 19.0 Å². The van der Waals surface area contributed by atoms with Crippen LogP contribution in [0.5, 0.6) is 0 Å². The molecule has 0 saturated heterocycles. The molecular weight excluding hydrogens is 364 g/mol.